The SMILES string of the molecule is OCCCc1c(C(F)(F)C(F)(F)C(F)(F)C(F)(F)F)cc(C(F)(F)C(F)(F)C(F)(F)C(F)(F)F)cc1C(F)(F)C(F)(F)C(F)(F)C(F)(F)F. The van der Waals surface area contributed by atoms with Crippen molar-refractivity contribution in [1.29, 1.82) is 0 Å². The lowest BCUT2D eigenvalue weighted by Crippen LogP contribution is -2.61. The molecule has 0 aliphatic rings. The Bertz CT molecular complexity index is 1270. The molecular weight excluding hydrogens is 781 g/mol. The molecule has 49 heavy (non-hydrogen) atoms. The first-order valence-corrected chi connectivity index (χ1v) is 11.4. The molecule has 0 spiro atoms. The molecule has 288 valence electrons. The van der Waals surface area contributed by atoms with Gasteiger partial charge in [0.05, 0.1) is 0 Å². The summed E-state index contributed by atoms with van der Waals surface area (Å²) in [7, 11) is 0. The molecule has 0 bridgehead atoms. The number of aliphatic hydroxyl groups excluding tert-OH is 1. The lowest BCUT2D eigenvalue weighted by atomic mass is 9.81. The van der Waals surface area contributed by atoms with Crippen molar-refractivity contribution in [1.82, 2.24) is 0 Å². The highest BCUT2D eigenvalue weighted by Gasteiger charge is 2.85. The summed E-state index contributed by atoms with van der Waals surface area (Å²) >= 11 is 0. The highest BCUT2D eigenvalue weighted by Crippen LogP contribution is 2.63. The van der Waals surface area contributed by atoms with Crippen molar-refractivity contribution in [3.8, 4) is 0 Å². The number of rotatable bonds is 12. The van der Waals surface area contributed by atoms with Crippen LogP contribution in [0.4, 0.5) is 119 Å². The maximum atomic E-state index is 14.9. The van der Waals surface area contributed by atoms with Crippen molar-refractivity contribution in [2.45, 2.75) is 84.7 Å². The van der Waals surface area contributed by atoms with E-state index in [-0.39, 0.29) is 0 Å². The number of aliphatic hydroxyl groups is 1. The molecule has 0 unspecified atom stereocenters. The van der Waals surface area contributed by atoms with Gasteiger partial charge in [-0.3, -0.25) is 0 Å². The molecule has 0 saturated carbocycles. The molecule has 0 atom stereocenters. The zero-order valence-electron chi connectivity index (χ0n) is 21.9. The van der Waals surface area contributed by atoms with Crippen LogP contribution in [0, 0.1) is 0 Å². The second-order valence-corrected chi connectivity index (χ2v) is 9.54. The van der Waals surface area contributed by atoms with Gasteiger partial charge in [0.1, 0.15) is 0 Å². The molecule has 0 aromatic heterocycles. The molecule has 1 nitrogen and oxygen atoms in total. The van der Waals surface area contributed by atoms with Crippen LogP contribution in [-0.2, 0) is 24.2 Å². The van der Waals surface area contributed by atoms with Gasteiger partial charge in [-0.2, -0.15) is 119 Å². The second kappa shape index (κ2) is 11.9. The van der Waals surface area contributed by atoms with Gasteiger partial charge in [0, 0.05) is 23.3 Å². The van der Waals surface area contributed by atoms with Crippen LogP contribution in [0.3, 0.4) is 0 Å². The van der Waals surface area contributed by atoms with E-state index in [1.807, 2.05) is 0 Å². The molecule has 0 aliphatic carbocycles. The Labute approximate surface area is 250 Å². The summed E-state index contributed by atoms with van der Waals surface area (Å²) in [6, 6.07) is -4.40. The first-order valence-electron chi connectivity index (χ1n) is 11.4. The fourth-order valence-electron chi connectivity index (χ4n) is 3.58. The van der Waals surface area contributed by atoms with Crippen molar-refractivity contribution < 1.29 is 124 Å². The van der Waals surface area contributed by atoms with E-state index in [0.717, 1.165) is 0 Å². The molecule has 28 heteroatoms. The zero-order valence-corrected chi connectivity index (χ0v) is 21.9. The highest BCUT2D eigenvalue weighted by atomic mass is 19.4. The van der Waals surface area contributed by atoms with Crippen molar-refractivity contribution in [3.63, 3.8) is 0 Å². The average Bonchev–Trinajstić information content (AvgIpc) is 2.88. The predicted molar refractivity (Wildman–Crippen MR) is 101 cm³/mol. The summed E-state index contributed by atoms with van der Waals surface area (Å²) in [4.78, 5) is 0. The van der Waals surface area contributed by atoms with Crippen molar-refractivity contribution in [2.24, 2.45) is 0 Å². The Morgan fingerprint density at radius 2 is 0.612 bits per heavy atom. The van der Waals surface area contributed by atoms with E-state index in [0.29, 0.717) is 0 Å². The maximum Gasteiger partial charge on any atom is 0.460 e. The Morgan fingerprint density at radius 3 is 0.837 bits per heavy atom. The smallest absolute Gasteiger partial charge is 0.396 e. The lowest BCUT2D eigenvalue weighted by Gasteiger charge is -2.39. The Balaban J connectivity index is 4.77. The molecule has 0 aliphatic heterocycles. The van der Waals surface area contributed by atoms with E-state index in [2.05, 4.69) is 0 Å². The quantitative estimate of drug-likeness (QED) is 0.209. The third-order valence-electron chi connectivity index (χ3n) is 6.31. The molecule has 0 saturated heterocycles. The van der Waals surface area contributed by atoms with Crippen molar-refractivity contribution in [2.75, 3.05) is 6.61 Å². The number of alkyl halides is 27. The first-order chi connectivity index (χ1) is 21.0. The largest absolute Gasteiger partial charge is 0.460 e. The van der Waals surface area contributed by atoms with Crippen molar-refractivity contribution >= 4 is 0 Å². The summed E-state index contributed by atoms with van der Waals surface area (Å²) in [5.41, 5.74) is -16.2. The zero-order chi connectivity index (χ0) is 39.8. The van der Waals surface area contributed by atoms with Crippen LogP contribution in [0.2, 0.25) is 0 Å². The normalized spacial score (nSPS) is 16.0. The van der Waals surface area contributed by atoms with Crippen LogP contribution < -0.4 is 0 Å². The Hall–Kier alpha value is -2.71. The van der Waals surface area contributed by atoms with Crippen LogP contribution >= 0.6 is 0 Å². The summed E-state index contributed by atoms with van der Waals surface area (Å²) in [6.07, 6.45) is -28.2. The van der Waals surface area contributed by atoms with Crippen LogP contribution in [0.1, 0.15) is 28.7 Å². The lowest BCUT2D eigenvalue weighted by molar-refractivity contribution is -0.401. The fraction of sp³-hybridized carbons (Fsp3) is 0.714. The average molecular weight is 790 g/mol. The summed E-state index contributed by atoms with van der Waals surface area (Å²) in [5, 5.41) is 8.75. The van der Waals surface area contributed by atoms with E-state index in [1.165, 1.54) is 0 Å². The monoisotopic (exact) mass is 790 g/mol. The summed E-state index contributed by atoms with van der Waals surface area (Å²) in [5.74, 6) is -73.7. The third-order valence-corrected chi connectivity index (χ3v) is 6.31. The van der Waals surface area contributed by atoms with Crippen molar-refractivity contribution in [3.05, 3.63) is 34.4 Å². The number of halogens is 27. The van der Waals surface area contributed by atoms with Gasteiger partial charge < -0.3 is 5.11 Å². The molecule has 0 radical (unpaired) electrons. The van der Waals surface area contributed by atoms with Gasteiger partial charge >= 0.3 is 71.8 Å². The van der Waals surface area contributed by atoms with Gasteiger partial charge in [0.25, 0.3) is 0 Å². The molecule has 1 aromatic rings. The molecule has 0 heterocycles. The van der Waals surface area contributed by atoms with Gasteiger partial charge in [-0.25, -0.2) is 0 Å². The van der Waals surface area contributed by atoms with E-state index in [1.54, 1.807) is 0 Å². The molecule has 0 fully saturated rings. The van der Waals surface area contributed by atoms with Gasteiger partial charge in [0.15, 0.2) is 0 Å². The number of benzene rings is 1. The summed E-state index contributed by atoms with van der Waals surface area (Å²) < 4.78 is 368. The van der Waals surface area contributed by atoms with Crippen LogP contribution in [0.25, 0.3) is 0 Å². The third kappa shape index (κ3) is 6.28. The summed E-state index contributed by atoms with van der Waals surface area (Å²) in [6.45, 7) is -1.81. The fourth-order valence-corrected chi connectivity index (χ4v) is 3.58. The molecule has 1 aromatic carbocycles. The second-order valence-electron chi connectivity index (χ2n) is 9.54. The van der Waals surface area contributed by atoms with Crippen LogP contribution in [0.5, 0.6) is 0 Å². The predicted octanol–water partition coefficient (Wildman–Crippen LogP) is 10.4. The molecule has 1 N–H and O–H groups in total. The maximum absolute atomic E-state index is 14.9. The van der Waals surface area contributed by atoms with Gasteiger partial charge in [-0.15, -0.1) is 0 Å². The topological polar surface area (TPSA) is 20.2 Å². The van der Waals surface area contributed by atoms with Crippen LogP contribution in [-0.4, -0.2) is 65.8 Å². The Morgan fingerprint density at radius 1 is 0.367 bits per heavy atom. The minimum atomic E-state index is -8.37. The van der Waals surface area contributed by atoms with Gasteiger partial charge in [-0.1, -0.05) is 0 Å². The molecule has 1 rings (SSSR count). The van der Waals surface area contributed by atoms with E-state index in [9.17, 15) is 119 Å². The molecular formula is C21H9F27O. The van der Waals surface area contributed by atoms with Gasteiger partial charge in [0.2, 0.25) is 0 Å². The van der Waals surface area contributed by atoms with Gasteiger partial charge in [-0.05, 0) is 30.5 Å². The minimum Gasteiger partial charge on any atom is -0.396 e. The van der Waals surface area contributed by atoms with E-state index in [4.69, 9.17) is 5.11 Å². The van der Waals surface area contributed by atoms with E-state index < -0.39 is 126 Å². The standard InChI is InChI=1S/C21H9F27O/c22-10(23,13(28,29)16(34,35)19(40,41)42)6-4-8(11(24,25)14(30,31)17(36,37)20(43,44)45)7(2-1-3-49)9(5-6)12(26,27)15(32,33)18(38,39)21(46,47)48/h4-5,49H,1-3H2. The van der Waals surface area contributed by atoms with Crippen LogP contribution in [0.15, 0.2) is 12.1 Å². The Kier molecular flexibility index (Phi) is 10.8. The molecule has 0 amide bonds. The van der Waals surface area contributed by atoms with E-state index >= 15 is 0 Å². The highest BCUT2D eigenvalue weighted by molar-refractivity contribution is 5.48. The minimum absolute atomic E-state index is 1.81. The first kappa shape index (κ1) is 44.3. The number of hydrogen-bond acceptors (Lipinski definition) is 1. The number of hydrogen-bond donors (Lipinski definition) is 1.